The highest BCUT2D eigenvalue weighted by atomic mass is 127. The second-order valence-electron chi connectivity index (χ2n) is 6.78. The summed E-state index contributed by atoms with van der Waals surface area (Å²) in [4.78, 5) is 24.9. The van der Waals surface area contributed by atoms with Crippen molar-refractivity contribution in [2.75, 3.05) is 6.54 Å². The molecule has 1 saturated heterocycles. The number of likely N-dealkylation sites (tertiary alicyclic amines) is 1. The summed E-state index contributed by atoms with van der Waals surface area (Å²) < 4.78 is 12.2. The van der Waals surface area contributed by atoms with Crippen molar-refractivity contribution in [3.05, 3.63) is 33.4 Å². The van der Waals surface area contributed by atoms with Crippen molar-refractivity contribution in [1.29, 1.82) is 0 Å². The molecule has 1 unspecified atom stereocenters. The first-order chi connectivity index (χ1) is 11.2. The van der Waals surface area contributed by atoms with Gasteiger partial charge in [0.05, 0.1) is 19.3 Å². The lowest BCUT2D eigenvalue weighted by atomic mass is 10.2. The molecular formula is C17H22INO5. The van der Waals surface area contributed by atoms with Crippen LogP contribution in [0.3, 0.4) is 0 Å². The number of benzene rings is 1. The maximum Gasteiger partial charge on any atom is 0.411 e. The Balaban J connectivity index is 1.97. The average Bonchev–Trinajstić information content (AvgIpc) is 2.89. The molecule has 1 N–H and O–H groups in total. The van der Waals surface area contributed by atoms with Crippen LogP contribution in [-0.4, -0.2) is 46.4 Å². The molecule has 1 aliphatic heterocycles. The van der Waals surface area contributed by atoms with Crippen LogP contribution in [0.5, 0.6) is 0 Å². The molecule has 7 heteroatoms. The number of ether oxygens (including phenoxy) is 2. The fraction of sp³-hybridized carbons (Fsp3) is 0.529. The predicted octanol–water partition coefficient (Wildman–Crippen LogP) is 3.27. The minimum Gasteiger partial charge on any atom is -0.480 e. The molecule has 2 rings (SSSR count). The molecular weight excluding hydrogens is 425 g/mol. The fourth-order valence-electron chi connectivity index (χ4n) is 2.47. The van der Waals surface area contributed by atoms with Gasteiger partial charge in [0.2, 0.25) is 0 Å². The van der Waals surface area contributed by atoms with E-state index in [9.17, 15) is 14.7 Å². The number of nitrogens with zero attached hydrogens (tertiary/aromatic N) is 1. The van der Waals surface area contributed by atoms with Crippen LogP contribution in [0, 0.1) is 3.57 Å². The molecule has 24 heavy (non-hydrogen) atoms. The molecule has 0 aromatic heterocycles. The zero-order chi connectivity index (χ0) is 17.9. The van der Waals surface area contributed by atoms with Crippen molar-refractivity contribution in [3.8, 4) is 0 Å². The van der Waals surface area contributed by atoms with Crippen LogP contribution in [-0.2, 0) is 20.9 Å². The van der Waals surface area contributed by atoms with Gasteiger partial charge in [0, 0.05) is 9.99 Å². The second-order valence-corrected chi connectivity index (χ2v) is 8.03. The minimum atomic E-state index is -1.04. The monoisotopic (exact) mass is 447 g/mol. The Labute approximate surface area is 155 Å². The van der Waals surface area contributed by atoms with E-state index in [0.29, 0.717) is 6.61 Å². The van der Waals surface area contributed by atoms with Gasteiger partial charge in [-0.15, -0.1) is 0 Å². The summed E-state index contributed by atoms with van der Waals surface area (Å²) in [6.45, 7) is 5.86. The van der Waals surface area contributed by atoms with E-state index in [1.165, 1.54) is 4.90 Å². The van der Waals surface area contributed by atoms with Crippen molar-refractivity contribution >= 4 is 34.7 Å². The highest BCUT2D eigenvalue weighted by molar-refractivity contribution is 14.1. The maximum atomic E-state index is 12.2. The summed E-state index contributed by atoms with van der Waals surface area (Å²) in [5.74, 6) is -1.04. The van der Waals surface area contributed by atoms with E-state index in [0.717, 1.165) is 9.13 Å². The van der Waals surface area contributed by atoms with Crippen LogP contribution in [0.15, 0.2) is 24.3 Å². The molecule has 0 bridgehead atoms. The number of aliphatic carboxylic acids is 1. The van der Waals surface area contributed by atoms with Gasteiger partial charge < -0.3 is 14.6 Å². The van der Waals surface area contributed by atoms with Crippen LogP contribution < -0.4 is 0 Å². The predicted molar refractivity (Wildman–Crippen MR) is 96.7 cm³/mol. The first-order valence-corrected chi connectivity index (χ1v) is 8.82. The molecule has 2 atom stereocenters. The second kappa shape index (κ2) is 7.69. The molecule has 1 aliphatic rings. The third kappa shape index (κ3) is 5.34. The van der Waals surface area contributed by atoms with Gasteiger partial charge in [0.15, 0.2) is 0 Å². The van der Waals surface area contributed by atoms with Crippen molar-refractivity contribution in [1.82, 2.24) is 4.90 Å². The minimum absolute atomic E-state index is 0.219. The number of carbonyl (C=O) groups is 2. The number of rotatable bonds is 4. The van der Waals surface area contributed by atoms with Gasteiger partial charge in [-0.3, -0.25) is 4.90 Å². The number of hydrogen-bond donors (Lipinski definition) is 1. The lowest BCUT2D eigenvalue weighted by molar-refractivity contribution is -0.142. The van der Waals surface area contributed by atoms with E-state index in [2.05, 4.69) is 22.6 Å². The van der Waals surface area contributed by atoms with Gasteiger partial charge in [0.25, 0.3) is 0 Å². The smallest absolute Gasteiger partial charge is 0.411 e. The number of carboxylic acid groups (broad SMARTS) is 1. The summed E-state index contributed by atoms with van der Waals surface area (Å²) in [6, 6.07) is 7.00. The number of hydrogen-bond acceptors (Lipinski definition) is 4. The van der Waals surface area contributed by atoms with Gasteiger partial charge in [0.1, 0.15) is 11.6 Å². The van der Waals surface area contributed by atoms with Crippen LogP contribution in [0.2, 0.25) is 0 Å². The van der Waals surface area contributed by atoms with Gasteiger partial charge in [-0.2, -0.15) is 0 Å². The van der Waals surface area contributed by atoms with Crippen LogP contribution >= 0.6 is 22.6 Å². The van der Waals surface area contributed by atoms with E-state index >= 15 is 0 Å². The van der Waals surface area contributed by atoms with Crippen molar-refractivity contribution < 1.29 is 24.2 Å². The van der Waals surface area contributed by atoms with Gasteiger partial charge in [-0.1, -0.05) is 12.1 Å². The molecule has 0 radical (unpaired) electrons. The number of carboxylic acids is 1. The van der Waals surface area contributed by atoms with E-state index in [1.54, 1.807) is 20.8 Å². The third-order valence-electron chi connectivity index (χ3n) is 3.57. The third-order valence-corrected chi connectivity index (χ3v) is 4.29. The summed E-state index contributed by atoms with van der Waals surface area (Å²) in [7, 11) is 0. The quantitative estimate of drug-likeness (QED) is 0.718. The van der Waals surface area contributed by atoms with Crippen LogP contribution in [0.4, 0.5) is 4.79 Å². The molecule has 1 amide bonds. The highest BCUT2D eigenvalue weighted by Crippen LogP contribution is 2.24. The summed E-state index contributed by atoms with van der Waals surface area (Å²) >= 11 is 2.23. The maximum absolute atomic E-state index is 12.2. The summed E-state index contributed by atoms with van der Waals surface area (Å²) in [5.41, 5.74) is 0.346. The number of carbonyl (C=O) groups excluding carboxylic acids is 1. The lowest BCUT2D eigenvalue weighted by Crippen LogP contribution is -2.43. The van der Waals surface area contributed by atoms with E-state index in [-0.39, 0.29) is 19.1 Å². The molecule has 132 valence electrons. The van der Waals surface area contributed by atoms with Gasteiger partial charge in [-0.05, 0) is 61.1 Å². The SMILES string of the molecule is CC(C)(C)OC(=O)N1C[C@@H](OCc2ccc(I)cc2)CC1C(=O)O. The molecule has 6 nitrogen and oxygen atoms in total. The first-order valence-electron chi connectivity index (χ1n) is 7.74. The zero-order valence-electron chi connectivity index (χ0n) is 14.0. The number of halogens is 1. The van der Waals surface area contributed by atoms with Crippen LogP contribution in [0.1, 0.15) is 32.8 Å². The standard InChI is InChI=1S/C17H22INO5/c1-17(2,3)24-16(22)19-9-13(8-14(19)15(20)21)23-10-11-4-6-12(18)7-5-11/h4-7,13-14H,8-10H2,1-3H3,(H,20,21)/t13-,14?/m0/s1. The van der Waals surface area contributed by atoms with Crippen molar-refractivity contribution in [2.24, 2.45) is 0 Å². The normalized spacial score (nSPS) is 20.9. The molecule has 0 saturated carbocycles. The topological polar surface area (TPSA) is 76.1 Å². The van der Waals surface area contributed by atoms with Crippen LogP contribution in [0.25, 0.3) is 0 Å². The fourth-order valence-corrected chi connectivity index (χ4v) is 2.83. The van der Waals surface area contributed by atoms with Crippen molar-refractivity contribution in [2.45, 2.75) is 51.5 Å². The molecule has 1 aromatic carbocycles. The Bertz CT molecular complexity index is 596. The molecule has 1 aromatic rings. The highest BCUT2D eigenvalue weighted by Gasteiger charge is 2.42. The first kappa shape index (κ1) is 19.0. The van der Waals surface area contributed by atoms with Gasteiger partial charge >= 0.3 is 12.1 Å². The van der Waals surface area contributed by atoms with E-state index < -0.39 is 23.7 Å². The largest absolute Gasteiger partial charge is 0.480 e. The molecule has 1 heterocycles. The number of amides is 1. The van der Waals surface area contributed by atoms with Gasteiger partial charge in [-0.25, -0.2) is 9.59 Å². The Kier molecular flexibility index (Phi) is 6.08. The molecule has 1 fully saturated rings. The molecule has 0 spiro atoms. The van der Waals surface area contributed by atoms with E-state index in [1.807, 2.05) is 24.3 Å². The molecule has 0 aliphatic carbocycles. The van der Waals surface area contributed by atoms with E-state index in [4.69, 9.17) is 9.47 Å². The van der Waals surface area contributed by atoms with Crippen molar-refractivity contribution in [3.63, 3.8) is 0 Å². The Morgan fingerprint density at radius 2 is 1.92 bits per heavy atom. The summed E-state index contributed by atoms with van der Waals surface area (Å²) in [6.07, 6.45) is -0.674. The summed E-state index contributed by atoms with van der Waals surface area (Å²) in [5, 5.41) is 9.36. The Hall–Kier alpha value is -1.35. The average molecular weight is 447 g/mol. The lowest BCUT2D eigenvalue weighted by Gasteiger charge is -2.26. The Morgan fingerprint density at radius 3 is 2.46 bits per heavy atom. The Morgan fingerprint density at radius 1 is 1.29 bits per heavy atom. The zero-order valence-corrected chi connectivity index (χ0v) is 16.1.